The predicted molar refractivity (Wildman–Crippen MR) is 75.0 cm³/mol. The molecule has 0 fully saturated rings. The molecule has 1 aromatic heterocycles. The average Bonchev–Trinajstić information content (AvgIpc) is 2.68. The average molecular weight is 254 g/mol. The Balaban J connectivity index is 2.21. The second-order valence-corrected chi connectivity index (χ2v) is 11.4. The van der Waals surface area contributed by atoms with Crippen LogP contribution in [0.2, 0.25) is 25.7 Å². The molecule has 0 saturated heterocycles. The van der Waals surface area contributed by atoms with Crippen molar-refractivity contribution >= 4 is 8.07 Å². The molecule has 1 rings (SSSR count). The van der Waals surface area contributed by atoms with Gasteiger partial charge in [0.15, 0.2) is 0 Å². The van der Waals surface area contributed by atoms with E-state index in [2.05, 4.69) is 36.5 Å². The van der Waals surface area contributed by atoms with Crippen molar-refractivity contribution in [1.29, 1.82) is 0 Å². The van der Waals surface area contributed by atoms with E-state index in [1.807, 2.05) is 6.20 Å². The fraction of sp³-hybridized carbons (Fsp3) is 0.769. The standard InChI is InChI=1S/C13H26N2OSi/c1-5-6-7-12-10-14-13(15-12)11-16-8-9-17(2,3)4/h10H,5-9,11H2,1-4H3,(H,14,15). The number of ether oxygens (including phenoxy) is 1. The largest absolute Gasteiger partial charge is 0.374 e. The van der Waals surface area contributed by atoms with Crippen LogP contribution in [0.4, 0.5) is 0 Å². The van der Waals surface area contributed by atoms with Crippen molar-refractivity contribution in [1.82, 2.24) is 9.97 Å². The summed E-state index contributed by atoms with van der Waals surface area (Å²) < 4.78 is 5.65. The molecule has 0 aliphatic rings. The molecule has 0 atom stereocenters. The lowest BCUT2D eigenvalue weighted by atomic mass is 10.2. The third-order valence-corrected chi connectivity index (χ3v) is 4.42. The summed E-state index contributed by atoms with van der Waals surface area (Å²) in [6.45, 7) is 10.8. The first-order valence-electron chi connectivity index (χ1n) is 6.62. The molecule has 0 spiro atoms. The van der Waals surface area contributed by atoms with E-state index < -0.39 is 8.07 Å². The molecule has 1 N–H and O–H groups in total. The number of hydrogen-bond donors (Lipinski definition) is 1. The third-order valence-electron chi connectivity index (χ3n) is 2.72. The minimum atomic E-state index is -0.963. The van der Waals surface area contributed by atoms with E-state index in [1.54, 1.807) is 0 Å². The van der Waals surface area contributed by atoms with Gasteiger partial charge in [-0.3, -0.25) is 0 Å². The number of H-pyrrole nitrogens is 1. The van der Waals surface area contributed by atoms with E-state index in [0.717, 1.165) is 18.9 Å². The fourth-order valence-corrected chi connectivity index (χ4v) is 2.28. The molecule has 0 saturated carbocycles. The highest BCUT2D eigenvalue weighted by atomic mass is 28.3. The first-order valence-corrected chi connectivity index (χ1v) is 10.3. The molecule has 0 unspecified atom stereocenters. The van der Waals surface area contributed by atoms with Crippen LogP contribution < -0.4 is 0 Å². The lowest BCUT2D eigenvalue weighted by Gasteiger charge is -2.14. The van der Waals surface area contributed by atoms with Crippen molar-refractivity contribution in [2.24, 2.45) is 0 Å². The van der Waals surface area contributed by atoms with Crippen LogP contribution in [0, 0.1) is 0 Å². The SMILES string of the molecule is CCCCc1cnc(COCC[Si](C)(C)C)[nH]1. The van der Waals surface area contributed by atoms with Crippen molar-refractivity contribution in [2.75, 3.05) is 6.61 Å². The van der Waals surface area contributed by atoms with E-state index in [-0.39, 0.29) is 0 Å². The van der Waals surface area contributed by atoms with E-state index in [0.29, 0.717) is 6.61 Å². The minimum absolute atomic E-state index is 0.622. The predicted octanol–water partition coefficient (Wildman–Crippen LogP) is 3.61. The van der Waals surface area contributed by atoms with Crippen molar-refractivity contribution in [2.45, 2.75) is 58.5 Å². The Bertz CT molecular complexity index is 317. The first-order chi connectivity index (χ1) is 8.01. The Morgan fingerprint density at radius 3 is 2.76 bits per heavy atom. The van der Waals surface area contributed by atoms with Gasteiger partial charge in [0.25, 0.3) is 0 Å². The smallest absolute Gasteiger partial charge is 0.132 e. The molecule has 4 heteroatoms. The van der Waals surface area contributed by atoms with E-state index >= 15 is 0 Å². The number of rotatable bonds is 8. The van der Waals surface area contributed by atoms with Crippen molar-refractivity contribution in [3.05, 3.63) is 17.7 Å². The summed E-state index contributed by atoms with van der Waals surface area (Å²) in [5, 5.41) is 0. The van der Waals surface area contributed by atoms with Gasteiger partial charge in [0.05, 0.1) is 0 Å². The number of aromatic amines is 1. The molecule has 1 heterocycles. The molecular weight excluding hydrogens is 228 g/mol. The van der Waals surface area contributed by atoms with Gasteiger partial charge in [0.2, 0.25) is 0 Å². The topological polar surface area (TPSA) is 37.9 Å². The first kappa shape index (κ1) is 14.4. The summed E-state index contributed by atoms with van der Waals surface area (Å²) in [6, 6.07) is 1.22. The molecule has 0 bridgehead atoms. The zero-order valence-electron chi connectivity index (χ0n) is 11.7. The van der Waals surface area contributed by atoms with Crippen LogP contribution in [-0.4, -0.2) is 24.6 Å². The summed E-state index contributed by atoms with van der Waals surface area (Å²) in [6.07, 6.45) is 5.48. The second-order valence-electron chi connectivity index (χ2n) is 5.82. The van der Waals surface area contributed by atoms with Crippen LogP contribution in [0.5, 0.6) is 0 Å². The zero-order chi connectivity index (χ0) is 12.7. The van der Waals surface area contributed by atoms with Crippen LogP contribution in [0.15, 0.2) is 6.20 Å². The number of hydrogen-bond acceptors (Lipinski definition) is 2. The van der Waals surface area contributed by atoms with Crippen molar-refractivity contribution in [3.63, 3.8) is 0 Å². The van der Waals surface area contributed by atoms with Crippen LogP contribution >= 0.6 is 0 Å². The van der Waals surface area contributed by atoms with Gasteiger partial charge >= 0.3 is 0 Å². The highest BCUT2D eigenvalue weighted by molar-refractivity contribution is 6.76. The maximum absolute atomic E-state index is 5.65. The van der Waals surface area contributed by atoms with Gasteiger partial charge < -0.3 is 9.72 Å². The Morgan fingerprint density at radius 1 is 1.35 bits per heavy atom. The summed E-state index contributed by atoms with van der Waals surface area (Å²) in [5.41, 5.74) is 1.23. The molecule has 0 aromatic carbocycles. The van der Waals surface area contributed by atoms with Gasteiger partial charge in [0, 0.05) is 26.6 Å². The highest BCUT2D eigenvalue weighted by Gasteiger charge is 2.12. The normalized spacial score (nSPS) is 12.0. The maximum atomic E-state index is 5.65. The van der Waals surface area contributed by atoms with Crippen LogP contribution in [0.3, 0.4) is 0 Å². The van der Waals surface area contributed by atoms with Gasteiger partial charge in [0.1, 0.15) is 12.4 Å². The van der Waals surface area contributed by atoms with Gasteiger partial charge in [-0.2, -0.15) is 0 Å². The molecule has 0 radical (unpaired) electrons. The van der Waals surface area contributed by atoms with Crippen LogP contribution in [0.25, 0.3) is 0 Å². The Morgan fingerprint density at radius 2 is 2.12 bits per heavy atom. The van der Waals surface area contributed by atoms with E-state index in [9.17, 15) is 0 Å². The minimum Gasteiger partial charge on any atom is -0.374 e. The number of unbranched alkanes of at least 4 members (excludes halogenated alkanes) is 1. The summed E-state index contributed by atoms with van der Waals surface area (Å²) >= 11 is 0. The number of nitrogens with zero attached hydrogens (tertiary/aromatic N) is 1. The second kappa shape index (κ2) is 6.96. The Kier molecular flexibility index (Phi) is 5.92. The van der Waals surface area contributed by atoms with Crippen LogP contribution in [-0.2, 0) is 17.8 Å². The van der Waals surface area contributed by atoms with E-state index in [1.165, 1.54) is 24.6 Å². The molecule has 17 heavy (non-hydrogen) atoms. The molecule has 3 nitrogen and oxygen atoms in total. The molecule has 0 aliphatic carbocycles. The molecule has 0 aliphatic heterocycles. The number of nitrogens with one attached hydrogen (secondary N) is 1. The van der Waals surface area contributed by atoms with Crippen molar-refractivity contribution < 1.29 is 4.74 Å². The number of imidazole rings is 1. The molecule has 0 amide bonds. The van der Waals surface area contributed by atoms with Gasteiger partial charge in [-0.05, 0) is 18.9 Å². The van der Waals surface area contributed by atoms with E-state index in [4.69, 9.17) is 4.74 Å². The molecule has 98 valence electrons. The Hall–Kier alpha value is -0.613. The fourth-order valence-electron chi connectivity index (χ4n) is 1.52. The maximum Gasteiger partial charge on any atom is 0.132 e. The van der Waals surface area contributed by atoms with Crippen molar-refractivity contribution in [3.8, 4) is 0 Å². The van der Waals surface area contributed by atoms with Gasteiger partial charge in [-0.1, -0.05) is 33.0 Å². The van der Waals surface area contributed by atoms with Gasteiger partial charge in [-0.25, -0.2) is 4.98 Å². The lowest BCUT2D eigenvalue weighted by molar-refractivity contribution is 0.128. The molecule has 1 aromatic rings. The summed E-state index contributed by atoms with van der Waals surface area (Å²) in [7, 11) is -0.963. The molecular formula is C13H26N2OSi. The highest BCUT2D eigenvalue weighted by Crippen LogP contribution is 2.09. The summed E-state index contributed by atoms with van der Waals surface area (Å²) in [4.78, 5) is 7.65. The number of aromatic nitrogens is 2. The Labute approximate surface area is 106 Å². The van der Waals surface area contributed by atoms with Gasteiger partial charge in [-0.15, -0.1) is 0 Å². The monoisotopic (exact) mass is 254 g/mol. The quantitative estimate of drug-likeness (QED) is 0.568. The summed E-state index contributed by atoms with van der Waals surface area (Å²) in [5.74, 6) is 0.965. The van der Waals surface area contributed by atoms with Crippen LogP contribution in [0.1, 0.15) is 31.3 Å². The third kappa shape index (κ3) is 6.63. The zero-order valence-corrected chi connectivity index (χ0v) is 12.7. The number of aryl methyl sites for hydroxylation is 1. The lowest BCUT2D eigenvalue weighted by Crippen LogP contribution is -2.21.